The van der Waals surface area contributed by atoms with Crippen LogP contribution in [0.4, 0.5) is 4.39 Å². The summed E-state index contributed by atoms with van der Waals surface area (Å²) in [6.07, 6.45) is 7.86. The van der Waals surface area contributed by atoms with Crippen LogP contribution in [-0.2, 0) is 0 Å². The fraction of sp³-hybridized carbons (Fsp3) is 0.625. The SMILES string of the molecule is CCCCCCCC[Si](C)(C)Oc1ccc(F)cc1Br. The summed E-state index contributed by atoms with van der Waals surface area (Å²) in [6.45, 7) is 6.70. The van der Waals surface area contributed by atoms with Crippen molar-refractivity contribution in [2.24, 2.45) is 0 Å². The third-order valence-corrected chi connectivity index (χ3v) is 6.36. The van der Waals surface area contributed by atoms with E-state index >= 15 is 0 Å². The van der Waals surface area contributed by atoms with Gasteiger partial charge in [0.25, 0.3) is 0 Å². The Morgan fingerprint density at radius 2 is 1.75 bits per heavy atom. The molecule has 0 fully saturated rings. The Hall–Kier alpha value is -0.353. The molecule has 0 spiro atoms. The highest BCUT2D eigenvalue weighted by Crippen LogP contribution is 2.29. The van der Waals surface area contributed by atoms with Gasteiger partial charge in [-0.3, -0.25) is 0 Å². The van der Waals surface area contributed by atoms with Crippen molar-refractivity contribution in [3.05, 3.63) is 28.5 Å². The normalized spacial score (nSPS) is 11.7. The second-order valence-electron chi connectivity index (χ2n) is 5.95. The Kier molecular flexibility index (Phi) is 7.81. The molecular formula is C16H26BrFOSi. The summed E-state index contributed by atoms with van der Waals surface area (Å²) < 4.78 is 19.9. The van der Waals surface area contributed by atoms with Crippen LogP contribution in [0.1, 0.15) is 45.4 Å². The lowest BCUT2D eigenvalue weighted by atomic mass is 10.1. The van der Waals surface area contributed by atoms with Crippen molar-refractivity contribution in [1.29, 1.82) is 0 Å². The van der Waals surface area contributed by atoms with Crippen LogP contribution in [0.3, 0.4) is 0 Å². The van der Waals surface area contributed by atoms with Crippen molar-refractivity contribution in [2.45, 2.75) is 64.6 Å². The fourth-order valence-corrected chi connectivity index (χ4v) is 4.80. The molecule has 0 saturated heterocycles. The lowest BCUT2D eigenvalue weighted by Crippen LogP contribution is -2.34. The first-order valence-corrected chi connectivity index (χ1v) is 11.5. The van der Waals surface area contributed by atoms with Crippen molar-refractivity contribution in [3.8, 4) is 5.75 Å². The van der Waals surface area contributed by atoms with Crippen molar-refractivity contribution in [2.75, 3.05) is 0 Å². The zero-order valence-electron chi connectivity index (χ0n) is 12.8. The second kappa shape index (κ2) is 8.83. The van der Waals surface area contributed by atoms with E-state index in [-0.39, 0.29) is 5.82 Å². The van der Waals surface area contributed by atoms with Gasteiger partial charge in [0.15, 0.2) is 0 Å². The maximum absolute atomic E-state index is 13.1. The molecule has 0 unspecified atom stereocenters. The molecule has 0 aliphatic rings. The van der Waals surface area contributed by atoms with Gasteiger partial charge in [-0.05, 0) is 53.3 Å². The van der Waals surface area contributed by atoms with Gasteiger partial charge in [-0.1, -0.05) is 45.4 Å². The highest BCUT2D eigenvalue weighted by molar-refractivity contribution is 9.10. The number of unbranched alkanes of at least 4 members (excludes halogenated alkanes) is 5. The molecule has 0 radical (unpaired) electrons. The van der Waals surface area contributed by atoms with E-state index in [1.165, 1.54) is 50.7 Å². The first-order chi connectivity index (χ1) is 9.44. The highest BCUT2D eigenvalue weighted by atomic mass is 79.9. The molecule has 0 amide bonds. The Morgan fingerprint density at radius 1 is 1.10 bits per heavy atom. The summed E-state index contributed by atoms with van der Waals surface area (Å²) >= 11 is 3.37. The van der Waals surface area contributed by atoms with Gasteiger partial charge in [0.05, 0.1) is 4.47 Å². The molecular weight excluding hydrogens is 335 g/mol. The molecule has 0 heterocycles. The molecule has 1 rings (SSSR count). The van der Waals surface area contributed by atoms with Crippen molar-refractivity contribution in [3.63, 3.8) is 0 Å². The lowest BCUT2D eigenvalue weighted by Gasteiger charge is -2.25. The highest BCUT2D eigenvalue weighted by Gasteiger charge is 2.24. The van der Waals surface area contributed by atoms with Gasteiger partial charge in [-0.2, -0.15) is 0 Å². The average Bonchev–Trinajstić information content (AvgIpc) is 2.37. The molecule has 1 aromatic rings. The molecule has 0 aliphatic heterocycles. The second-order valence-corrected chi connectivity index (χ2v) is 11.0. The van der Waals surface area contributed by atoms with Crippen LogP contribution in [0.15, 0.2) is 22.7 Å². The summed E-state index contributed by atoms with van der Waals surface area (Å²) in [7, 11) is -1.71. The summed E-state index contributed by atoms with van der Waals surface area (Å²) in [6, 6.07) is 5.79. The standard InChI is InChI=1S/C16H26BrFOSi/c1-4-5-6-7-8-9-12-20(2,3)19-16-11-10-14(18)13-15(16)17/h10-11,13H,4-9,12H2,1-3H3. The summed E-state index contributed by atoms with van der Waals surface area (Å²) in [5.74, 6) is 0.536. The van der Waals surface area contributed by atoms with Crippen molar-refractivity contribution >= 4 is 24.2 Å². The molecule has 0 saturated carbocycles. The number of halogens is 2. The molecule has 0 atom stereocenters. The Morgan fingerprint density at radius 3 is 2.40 bits per heavy atom. The maximum Gasteiger partial charge on any atom is 0.245 e. The molecule has 20 heavy (non-hydrogen) atoms. The summed E-state index contributed by atoms with van der Waals surface area (Å²) in [4.78, 5) is 0. The minimum absolute atomic E-state index is 0.236. The third kappa shape index (κ3) is 6.89. The van der Waals surface area contributed by atoms with E-state index in [1.54, 1.807) is 6.07 Å². The van der Waals surface area contributed by atoms with Crippen LogP contribution in [-0.4, -0.2) is 8.32 Å². The van der Waals surface area contributed by atoms with Gasteiger partial charge in [0, 0.05) is 0 Å². The first-order valence-electron chi connectivity index (χ1n) is 7.58. The van der Waals surface area contributed by atoms with E-state index in [1.807, 2.05) is 0 Å². The minimum atomic E-state index is -1.71. The van der Waals surface area contributed by atoms with E-state index in [0.29, 0.717) is 4.47 Å². The van der Waals surface area contributed by atoms with Crippen LogP contribution in [0, 0.1) is 5.82 Å². The Bertz CT molecular complexity index is 409. The van der Waals surface area contributed by atoms with Gasteiger partial charge in [0.1, 0.15) is 11.6 Å². The maximum atomic E-state index is 13.1. The van der Waals surface area contributed by atoms with E-state index < -0.39 is 8.32 Å². The molecule has 0 bridgehead atoms. The molecule has 1 nitrogen and oxygen atoms in total. The third-order valence-electron chi connectivity index (χ3n) is 3.41. The Balaban J connectivity index is 2.36. The fourth-order valence-electron chi connectivity index (χ4n) is 2.24. The van der Waals surface area contributed by atoms with Crippen LogP contribution in [0.2, 0.25) is 19.1 Å². The predicted octanol–water partition coefficient (Wildman–Crippen LogP) is 6.53. The van der Waals surface area contributed by atoms with Gasteiger partial charge >= 0.3 is 0 Å². The van der Waals surface area contributed by atoms with Gasteiger partial charge in [-0.25, -0.2) is 4.39 Å². The molecule has 0 N–H and O–H groups in total. The zero-order valence-corrected chi connectivity index (χ0v) is 15.4. The van der Waals surface area contributed by atoms with Crippen LogP contribution < -0.4 is 4.43 Å². The van der Waals surface area contributed by atoms with E-state index in [0.717, 1.165) is 11.8 Å². The average molecular weight is 361 g/mol. The predicted molar refractivity (Wildman–Crippen MR) is 90.4 cm³/mol. The molecule has 0 aromatic heterocycles. The molecule has 1 aromatic carbocycles. The molecule has 114 valence electrons. The van der Waals surface area contributed by atoms with E-state index in [9.17, 15) is 4.39 Å². The number of rotatable bonds is 9. The lowest BCUT2D eigenvalue weighted by molar-refractivity contribution is 0.529. The van der Waals surface area contributed by atoms with E-state index in [2.05, 4.69) is 35.9 Å². The molecule has 0 aliphatic carbocycles. The summed E-state index contributed by atoms with van der Waals surface area (Å²) in [5, 5.41) is 0. The Labute approximate surface area is 132 Å². The van der Waals surface area contributed by atoms with Crippen molar-refractivity contribution in [1.82, 2.24) is 0 Å². The van der Waals surface area contributed by atoms with Gasteiger partial charge < -0.3 is 4.43 Å². The van der Waals surface area contributed by atoms with Gasteiger partial charge in [-0.15, -0.1) is 0 Å². The number of hydrogen-bond donors (Lipinski definition) is 0. The van der Waals surface area contributed by atoms with Crippen LogP contribution >= 0.6 is 15.9 Å². The van der Waals surface area contributed by atoms with Crippen LogP contribution in [0.5, 0.6) is 5.75 Å². The summed E-state index contributed by atoms with van der Waals surface area (Å²) in [5.41, 5.74) is 0. The minimum Gasteiger partial charge on any atom is -0.543 e. The quantitative estimate of drug-likeness (QED) is 0.359. The number of hydrogen-bond acceptors (Lipinski definition) is 1. The molecule has 4 heteroatoms. The first kappa shape index (κ1) is 17.7. The van der Waals surface area contributed by atoms with Crippen molar-refractivity contribution < 1.29 is 8.82 Å². The van der Waals surface area contributed by atoms with Gasteiger partial charge in [0.2, 0.25) is 8.32 Å². The van der Waals surface area contributed by atoms with E-state index in [4.69, 9.17) is 4.43 Å². The topological polar surface area (TPSA) is 9.23 Å². The number of benzene rings is 1. The smallest absolute Gasteiger partial charge is 0.245 e. The largest absolute Gasteiger partial charge is 0.543 e. The van der Waals surface area contributed by atoms with Crippen LogP contribution in [0.25, 0.3) is 0 Å². The monoisotopic (exact) mass is 360 g/mol. The zero-order chi connectivity index (χ0) is 15.0.